The van der Waals surface area contributed by atoms with Gasteiger partial charge in [0.2, 0.25) is 0 Å². The molecule has 16 heavy (non-hydrogen) atoms. The van der Waals surface area contributed by atoms with Crippen molar-refractivity contribution in [1.29, 1.82) is 0 Å². The molecule has 0 amide bonds. The molecule has 2 unspecified atom stereocenters. The molecule has 1 aromatic heterocycles. The maximum atomic E-state index is 6.16. The lowest BCUT2D eigenvalue weighted by atomic mass is 10.0. The van der Waals surface area contributed by atoms with Gasteiger partial charge in [-0.25, -0.2) is 0 Å². The number of nitrogens with two attached hydrogens (primary N) is 1. The van der Waals surface area contributed by atoms with Crippen molar-refractivity contribution in [3.05, 3.63) is 17.0 Å². The molecule has 0 spiro atoms. The highest BCUT2D eigenvalue weighted by Gasteiger charge is 2.57. The van der Waals surface area contributed by atoms with Gasteiger partial charge < -0.3 is 5.73 Å². The number of rotatable bonds is 2. The van der Waals surface area contributed by atoms with E-state index in [-0.39, 0.29) is 11.5 Å². The molecule has 0 radical (unpaired) electrons. The van der Waals surface area contributed by atoms with Crippen LogP contribution in [-0.2, 0) is 0 Å². The van der Waals surface area contributed by atoms with Crippen molar-refractivity contribution in [2.75, 3.05) is 0 Å². The van der Waals surface area contributed by atoms with Crippen molar-refractivity contribution in [3.63, 3.8) is 0 Å². The third-order valence-corrected chi connectivity index (χ3v) is 4.09. The van der Waals surface area contributed by atoms with Crippen LogP contribution in [0.4, 0.5) is 0 Å². The van der Waals surface area contributed by atoms with E-state index in [1.165, 1.54) is 11.3 Å². The third kappa shape index (κ3) is 1.41. The Morgan fingerprint density at radius 3 is 2.12 bits per heavy atom. The second-order valence-corrected chi connectivity index (χ2v) is 5.95. The Bertz CT molecular complexity index is 415. The van der Waals surface area contributed by atoms with E-state index in [0.717, 1.165) is 5.69 Å². The molecule has 90 valence electrons. The SMILES string of the molecule is Cc1nn(C(C)C)c(C)c1C1C(N)C1(C)C. The standard InChI is InChI=1S/C13H23N3/c1-7(2)16-9(4)10(8(3)15-16)11-12(14)13(11,5)6/h7,11-12H,14H2,1-6H3. The number of hydrogen-bond acceptors (Lipinski definition) is 2. The van der Waals surface area contributed by atoms with Crippen LogP contribution < -0.4 is 5.73 Å². The van der Waals surface area contributed by atoms with Gasteiger partial charge in [-0.1, -0.05) is 13.8 Å². The quantitative estimate of drug-likeness (QED) is 0.834. The Kier molecular flexibility index (Phi) is 2.42. The summed E-state index contributed by atoms with van der Waals surface area (Å²) in [5, 5.41) is 4.63. The van der Waals surface area contributed by atoms with Crippen LogP contribution in [0.15, 0.2) is 0 Å². The number of aryl methyl sites for hydroxylation is 1. The summed E-state index contributed by atoms with van der Waals surface area (Å²) in [5.74, 6) is 0.486. The highest BCUT2D eigenvalue weighted by Crippen LogP contribution is 2.58. The fourth-order valence-electron chi connectivity index (χ4n) is 2.86. The molecule has 1 aromatic rings. The van der Waals surface area contributed by atoms with Crippen molar-refractivity contribution in [3.8, 4) is 0 Å². The number of hydrogen-bond donors (Lipinski definition) is 1. The van der Waals surface area contributed by atoms with Gasteiger partial charge in [0.05, 0.1) is 5.69 Å². The molecule has 1 heterocycles. The highest BCUT2D eigenvalue weighted by atomic mass is 15.3. The molecule has 2 rings (SSSR count). The summed E-state index contributed by atoms with van der Waals surface area (Å²) >= 11 is 0. The first-order valence-corrected chi connectivity index (χ1v) is 6.09. The summed E-state index contributed by atoms with van der Waals surface area (Å²) in [6.07, 6.45) is 0. The predicted octanol–water partition coefficient (Wildman–Crippen LogP) is 2.53. The second-order valence-electron chi connectivity index (χ2n) is 5.95. The Morgan fingerprint density at radius 1 is 1.31 bits per heavy atom. The summed E-state index contributed by atoms with van der Waals surface area (Å²) in [4.78, 5) is 0. The molecule has 0 bridgehead atoms. The molecule has 0 aromatic carbocycles. The van der Waals surface area contributed by atoms with E-state index in [2.05, 4.69) is 51.3 Å². The van der Waals surface area contributed by atoms with Crippen molar-refractivity contribution in [1.82, 2.24) is 9.78 Å². The second kappa shape index (κ2) is 3.33. The smallest absolute Gasteiger partial charge is 0.0632 e. The number of nitrogens with zero attached hydrogens (tertiary/aromatic N) is 2. The average Bonchev–Trinajstić information content (AvgIpc) is 2.52. The molecular weight excluding hydrogens is 198 g/mol. The molecule has 0 aliphatic heterocycles. The van der Waals surface area contributed by atoms with Crippen LogP contribution in [0.1, 0.15) is 56.6 Å². The van der Waals surface area contributed by atoms with Crippen molar-refractivity contribution in [2.45, 2.75) is 59.5 Å². The maximum Gasteiger partial charge on any atom is 0.0632 e. The minimum Gasteiger partial charge on any atom is -0.327 e. The van der Waals surface area contributed by atoms with E-state index < -0.39 is 0 Å². The summed E-state index contributed by atoms with van der Waals surface area (Å²) in [6.45, 7) is 13.1. The lowest BCUT2D eigenvalue weighted by Gasteiger charge is -2.09. The molecule has 3 nitrogen and oxygen atoms in total. The van der Waals surface area contributed by atoms with Gasteiger partial charge in [0.1, 0.15) is 0 Å². The van der Waals surface area contributed by atoms with Crippen LogP contribution in [-0.4, -0.2) is 15.8 Å². The normalized spacial score (nSPS) is 27.5. The Morgan fingerprint density at radius 2 is 1.81 bits per heavy atom. The van der Waals surface area contributed by atoms with E-state index in [9.17, 15) is 0 Å². The van der Waals surface area contributed by atoms with Gasteiger partial charge in [-0.05, 0) is 33.1 Å². The fraction of sp³-hybridized carbons (Fsp3) is 0.769. The van der Waals surface area contributed by atoms with E-state index in [1.807, 2.05) is 0 Å². The third-order valence-electron chi connectivity index (χ3n) is 4.09. The zero-order valence-electron chi connectivity index (χ0n) is 11.2. The van der Waals surface area contributed by atoms with Gasteiger partial charge in [0.15, 0.2) is 0 Å². The van der Waals surface area contributed by atoms with Crippen LogP contribution in [0.5, 0.6) is 0 Å². The average molecular weight is 221 g/mol. The molecule has 2 atom stereocenters. The van der Waals surface area contributed by atoms with E-state index >= 15 is 0 Å². The van der Waals surface area contributed by atoms with Crippen LogP contribution in [0.3, 0.4) is 0 Å². The zero-order valence-corrected chi connectivity index (χ0v) is 11.2. The topological polar surface area (TPSA) is 43.8 Å². The first kappa shape index (κ1) is 11.6. The summed E-state index contributed by atoms with van der Waals surface area (Å²) in [5.41, 5.74) is 10.2. The van der Waals surface area contributed by atoms with Crippen molar-refractivity contribution in [2.24, 2.45) is 11.1 Å². The molecule has 0 saturated heterocycles. The molecule has 1 aliphatic carbocycles. The first-order valence-electron chi connectivity index (χ1n) is 6.09. The predicted molar refractivity (Wildman–Crippen MR) is 66.6 cm³/mol. The van der Waals surface area contributed by atoms with Crippen LogP contribution >= 0.6 is 0 Å². The lowest BCUT2D eigenvalue weighted by molar-refractivity contribution is 0.515. The van der Waals surface area contributed by atoms with Crippen molar-refractivity contribution < 1.29 is 0 Å². The van der Waals surface area contributed by atoms with Gasteiger partial charge in [0, 0.05) is 29.3 Å². The fourth-order valence-corrected chi connectivity index (χ4v) is 2.86. The van der Waals surface area contributed by atoms with Crippen LogP contribution in [0, 0.1) is 19.3 Å². The molecule has 2 N–H and O–H groups in total. The van der Waals surface area contributed by atoms with E-state index in [1.54, 1.807) is 0 Å². The summed E-state index contributed by atoms with van der Waals surface area (Å²) in [7, 11) is 0. The molecule has 1 saturated carbocycles. The molecular formula is C13H23N3. The minimum atomic E-state index is 0.236. The van der Waals surface area contributed by atoms with Crippen LogP contribution in [0.25, 0.3) is 0 Å². The summed E-state index contributed by atoms with van der Waals surface area (Å²) < 4.78 is 2.12. The lowest BCUT2D eigenvalue weighted by Crippen LogP contribution is -2.07. The Labute approximate surface area is 98.0 Å². The molecule has 1 fully saturated rings. The van der Waals surface area contributed by atoms with Gasteiger partial charge in [-0.15, -0.1) is 0 Å². The van der Waals surface area contributed by atoms with Gasteiger partial charge >= 0.3 is 0 Å². The van der Waals surface area contributed by atoms with E-state index in [0.29, 0.717) is 12.0 Å². The Balaban J connectivity index is 2.44. The first-order chi connectivity index (χ1) is 7.28. The maximum absolute atomic E-state index is 6.16. The summed E-state index contributed by atoms with van der Waals surface area (Å²) in [6, 6.07) is 0.709. The monoisotopic (exact) mass is 221 g/mol. The minimum absolute atomic E-state index is 0.236. The molecule has 1 aliphatic rings. The van der Waals surface area contributed by atoms with Crippen LogP contribution in [0.2, 0.25) is 0 Å². The highest BCUT2D eigenvalue weighted by molar-refractivity contribution is 5.40. The van der Waals surface area contributed by atoms with Gasteiger partial charge in [-0.3, -0.25) is 4.68 Å². The van der Waals surface area contributed by atoms with Crippen molar-refractivity contribution >= 4 is 0 Å². The number of aromatic nitrogens is 2. The Hall–Kier alpha value is -0.830. The van der Waals surface area contributed by atoms with E-state index in [4.69, 9.17) is 5.73 Å². The largest absolute Gasteiger partial charge is 0.327 e. The van der Waals surface area contributed by atoms with Gasteiger partial charge in [-0.2, -0.15) is 5.10 Å². The zero-order chi connectivity index (χ0) is 12.2. The van der Waals surface area contributed by atoms with Gasteiger partial charge in [0.25, 0.3) is 0 Å². The molecule has 3 heteroatoms.